The molecule has 2 rings (SSSR count). The largest absolute Gasteiger partial charge is 0.336 e. The van der Waals surface area contributed by atoms with Gasteiger partial charge in [0, 0.05) is 20.5 Å². The number of H-pyrrole nitrogens is 1. The van der Waals surface area contributed by atoms with Crippen molar-refractivity contribution >= 4 is 11.2 Å². The molecule has 0 spiro atoms. The highest BCUT2D eigenvalue weighted by atomic mass is 16.2. The van der Waals surface area contributed by atoms with Gasteiger partial charge in [-0.05, 0) is 19.4 Å². The molecule has 3 N–H and O–H groups in total. The van der Waals surface area contributed by atoms with E-state index in [1.54, 1.807) is 7.05 Å². The summed E-state index contributed by atoms with van der Waals surface area (Å²) in [5.41, 5.74) is 5.58. The Morgan fingerprint density at radius 3 is 2.50 bits per heavy atom. The molecule has 20 heavy (non-hydrogen) atoms. The normalized spacial score (nSPS) is 11.3. The zero-order valence-electron chi connectivity index (χ0n) is 12.0. The Labute approximate surface area is 116 Å². The van der Waals surface area contributed by atoms with E-state index < -0.39 is 0 Å². The third-order valence-corrected chi connectivity index (χ3v) is 3.51. The van der Waals surface area contributed by atoms with Crippen molar-refractivity contribution in [2.75, 3.05) is 6.54 Å². The first kappa shape index (κ1) is 14.5. The molecule has 0 atom stereocenters. The van der Waals surface area contributed by atoms with Gasteiger partial charge in [0.05, 0.1) is 0 Å². The van der Waals surface area contributed by atoms with E-state index in [1.807, 2.05) is 0 Å². The van der Waals surface area contributed by atoms with Gasteiger partial charge in [-0.15, -0.1) is 0 Å². The molecule has 0 aliphatic heterocycles. The van der Waals surface area contributed by atoms with Crippen LogP contribution in [0.3, 0.4) is 0 Å². The van der Waals surface area contributed by atoms with E-state index in [0.29, 0.717) is 11.2 Å². The predicted molar refractivity (Wildman–Crippen MR) is 77.8 cm³/mol. The molecular weight excluding hydrogens is 258 g/mol. The first-order chi connectivity index (χ1) is 9.56. The van der Waals surface area contributed by atoms with E-state index in [-0.39, 0.29) is 11.2 Å². The van der Waals surface area contributed by atoms with Crippen LogP contribution < -0.4 is 17.0 Å². The zero-order valence-corrected chi connectivity index (χ0v) is 12.0. The van der Waals surface area contributed by atoms with Crippen molar-refractivity contribution in [2.45, 2.75) is 32.1 Å². The molecular formula is C13H21N5O2. The van der Waals surface area contributed by atoms with Gasteiger partial charge in [-0.2, -0.15) is 0 Å². The topological polar surface area (TPSA) is 98.7 Å². The van der Waals surface area contributed by atoms with Crippen LogP contribution in [0.2, 0.25) is 0 Å². The molecule has 0 fully saturated rings. The summed E-state index contributed by atoms with van der Waals surface area (Å²) in [7, 11) is 3.09. The highest BCUT2D eigenvalue weighted by Crippen LogP contribution is 2.08. The monoisotopic (exact) mass is 279 g/mol. The summed E-state index contributed by atoms with van der Waals surface area (Å²) in [4.78, 5) is 31.2. The first-order valence-corrected chi connectivity index (χ1v) is 6.91. The van der Waals surface area contributed by atoms with E-state index >= 15 is 0 Å². The molecule has 0 aliphatic carbocycles. The quantitative estimate of drug-likeness (QED) is 0.728. The second-order valence-electron chi connectivity index (χ2n) is 5.04. The molecule has 0 aliphatic rings. The van der Waals surface area contributed by atoms with Crippen LogP contribution in [-0.4, -0.2) is 25.6 Å². The van der Waals surface area contributed by atoms with Crippen molar-refractivity contribution < 1.29 is 0 Å². The van der Waals surface area contributed by atoms with Gasteiger partial charge in [0.15, 0.2) is 5.65 Å². The van der Waals surface area contributed by atoms with Crippen LogP contribution in [0.5, 0.6) is 0 Å². The van der Waals surface area contributed by atoms with Crippen LogP contribution >= 0.6 is 0 Å². The molecule has 0 unspecified atom stereocenters. The lowest BCUT2D eigenvalue weighted by atomic mass is 10.1. The molecule has 2 aromatic rings. The molecule has 0 saturated heterocycles. The fraction of sp³-hybridized carbons (Fsp3) is 0.615. The van der Waals surface area contributed by atoms with Gasteiger partial charge >= 0.3 is 5.69 Å². The van der Waals surface area contributed by atoms with Crippen molar-refractivity contribution in [2.24, 2.45) is 19.8 Å². The van der Waals surface area contributed by atoms with E-state index in [0.717, 1.165) is 49.0 Å². The Kier molecular flexibility index (Phi) is 4.39. The maximum atomic E-state index is 12.0. The summed E-state index contributed by atoms with van der Waals surface area (Å²) in [5, 5.41) is 0. The number of aromatic amines is 1. The summed E-state index contributed by atoms with van der Waals surface area (Å²) in [6.07, 6.45) is 5.00. The number of imidazole rings is 1. The highest BCUT2D eigenvalue weighted by Gasteiger charge is 2.12. The Balaban J connectivity index is 2.22. The Hall–Kier alpha value is -1.89. The molecule has 0 saturated carbocycles. The van der Waals surface area contributed by atoms with Crippen LogP contribution in [0.1, 0.15) is 31.5 Å². The van der Waals surface area contributed by atoms with Crippen LogP contribution in [0.4, 0.5) is 0 Å². The number of hydrogen-bond donors (Lipinski definition) is 2. The van der Waals surface area contributed by atoms with Crippen molar-refractivity contribution in [3.63, 3.8) is 0 Å². The van der Waals surface area contributed by atoms with Gasteiger partial charge in [-0.1, -0.05) is 12.8 Å². The average Bonchev–Trinajstić information content (AvgIpc) is 2.87. The van der Waals surface area contributed by atoms with Crippen molar-refractivity contribution in [1.29, 1.82) is 0 Å². The van der Waals surface area contributed by atoms with Crippen molar-refractivity contribution in [1.82, 2.24) is 19.1 Å². The fourth-order valence-corrected chi connectivity index (χ4v) is 2.28. The maximum Gasteiger partial charge on any atom is 0.332 e. The predicted octanol–water partition coefficient (Wildman–Crippen LogP) is 0.0219. The van der Waals surface area contributed by atoms with E-state index in [2.05, 4.69) is 9.97 Å². The molecule has 7 heteroatoms. The summed E-state index contributed by atoms with van der Waals surface area (Å²) in [6.45, 7) is 0.725. The number of aromatic nitrogens is 4. The van der Waals surface area contributed by atoms with E-state index in [4.69, 9.17) is 5.73 Å². The number of nitrogens with one attached hydrogen (secondary N) is 1. The lowest BCUT2D eigenvalue weighted by Gasteiger charge is -2.00. The van der Waals surface area contributed by atoms with Gasteiger partial charge in [-0.25, -0.2) is 9.78 Å². The lowest BCUT2D eigenvalue weighted by molar-refractivity contribution is 0.638. The minimum absolute atomic E-state index is 0.329. The minimum Gasteiger partial charge on any atom is -0.336 e. The third kappa shape index (κ3) is 2.67. The maximum absolute atomic E-state index is 12.0. The van der Waals surface area contributed by atoms with Crippen molar-refractivity contribution in [3.05, 3.63) is 26.7 Å². The Bertz CT molecular complexity index is 710. The molecule has 0 radical (unpaired) electrons. The molecule has 110 valence electrons. The number of aryl methyl sites for hydroxylation is 2. The molecule has 2 aromatic heterocycles. The Morgan fingerprint density at radius 1 is 1.10 bits per heavy atom. The summed E-state index contributed by atoms with van der Waals surface area (Å²) in [6, 6.07) is 0. The Morgan fingerprint density at radius 2 is 1.80 bits per heavy atom. The smallest absolute Gasteiger partial charge is 0.332 e. The molecule has 2 heterocycles. The van der Waals surface area contributed by atoms with Crippen LogP contribution in [-0.2, 0) is 20.5 Å². The summed E-state index contributed by atoms with van der Waals surface area (Å²) in [5.74, 6) is 0.756. The number of nitrogens with zero attached hydrogens (tertiary/aromatic N) is 3. The van der Waals surface area contributed by atoms with Gasteiger partial charge < -0.3 is 10.7 Å². The van der Waals surface area contributed by atoms with Gasteiger partial charge in [-0.3, -0.25) is 13.9 Å². The molecule has 0 bridgehead atoms. The summed E-state index contributed by atoms with van der Waals surface area (Å²) >= 11 is 0. The molecule has 0 amide bonds. The average molecular weight is 279 g/mol. The molecule has 0 aromatic carbocycles. The number of rotatable bonds is 6. The number of fused-ring (bicyclic) bond motifs is 1. The van der Waals surface area contributed by atoms with Crippen molar-refractivity contribution in [3.8, 4) is 0 Å². The van der Waals surface area contributed by atoms with Gasteiger partial charge in [0.1, 0.15) is 11.3 Å². The van der Waals surface area contributed by atoms with E-state index in [1.165, 1.54) is 11.6 Å². The first-order valence-electron chi connectivity index (χ1n) is 6.91. The highest BCUT2D eigenvalue weighted by molar-refractivity contribution is 5.69. The number of hydrogen-bond acceptors (Lipinski definition) is 4. The number of unbranched alkanes of at least 4 members (excludes halogenated alkanes) is 3. The third-order valence-electron chi connectivity index (χ3n) is 3.51. The van der Waals surface area contributed by atoms with E-state index in [9.17, 15) is 9.59 Å². The minimum atomic E-state index is -0.358. The standard InChI is InChI=1S/C13H21N5O2/c1-17-11-10(12(19)18(2)13(17)20)15-9(16-11)7-5-3-4-6-8-14/h3-8,14H2,1-2H3,(H,15,16). The second-order valence-corrected chi connectivity index (χ2v) is 5.04. The number of nitrogens with two attached hydrogens (primary N) is 1. The van der Waals surface area contributed by atoms with Crippen LogP contribution in [0.15, 0.2) is 9.59 Å². The summed E-state index contributed by atoms with van der Waals surface area (Å²) < 4.78 is 2.48. The van der Waals surface area contributed by atoms with Crippen LogP contribution in [0.25, 0.3) is 11.2 Å². The van der Waals surface area contributed by atoms with Gasteiger partial charge in [0.25, 0.3) is 5.56 Å². The molecule has 7 nitrogen and oxygen atoms in total. The van der Waals surface area contributed by atoms with Crippen LogP contribution in [0, 0.1) is 0 Å². The second kappa shape index (κ2) is 6.04. The SMILES string of the molecule is Cn1c(=O)c2[nH]c(CCCCCCN)nc2n(C)c1=O. The zero-order chi connectivity index (χ0) is 14.7. The van der Waals surface area contributed by atoms with Gasteiger partial charge in [0.2, 0.25) is 0 Å². The lowest BCUT2D eigenvalue weighted by Crippen LogP contribution is -2.36. The fourth-order valence-electron chi connectivity index (χ4n) is 2.28.